The largest absolute Gasteiger partial charge is 0.368 e. The van der Waals surface area contributed by atoms with E-state index >= 15 is 0 Å². The molecule has 2 aliphatic rings. The molecule has 21 heavy (non-hydrogen) atoms. The fraction of sp³-hybridized carbons (Fsp3) is 0.571. The van der Waals surface area contributed by atoms with E-state index in [-0.39, 0.29) is 5.95 Å². The van der Waals surface area contributed by atoms with Gasteiger partial charge in [-0.15, -0.1) is 0 Å². The third-order valence-corrected chi connectivity index (χ3v) is 4.30. The molecule has 2 saturated carbocycles. The Morgan fingerprint density at radius 1 is 1.19 bits per heavy atom. The number of hydrogen-bond donors (Lipinski definition) is 2. The van der Waals surface area contributed by atoms with E-state index in [0.717, 1.165) is 24.3 Å². The van der Waals surface area contributed by atoms with Crippen LogP contribution in [0.25, 0.3) is 5.95 Å². The fourth-order valence-electron chi connectivity index (χ4n) is 2.93. The lowest BCUT2D eigenvalue weighted by atomic mass is 9.98. The Morgan fingerprint density at radius 2 is 1.95 bits per heavy atom. The lowest BCUT2D eigenvalue weighted by molar-refractivity contribution is 0.427. The molecule has 0 amide bonds. The highest BCUT2D eigenvalue weighted by molar-refractivity contribution is 5.35. The van der Waals surface area contributed by atoms with Crippen LogP contribution >= 0.6 is 0 Å². The van der Waals surface area contributed by atoms with Crippen LogP contribution in [-0.2, 0) is 0 Å². The predicted molar refractivity (Wildman–Crippen MR) is 78.8 cm³/mol. The minimum absolute atomic E-state index is 0.215. The van der Waals surface area contributed by atoms with Gasteiger partial charge in [0.1, 0.15) is 0 Å². The van der Waals surface area contributed by atoms with Gasteiger partial charge in [0, 0.05) is 18.9 Å². The van der Waals surface area contributed by atoms with Gasteiger partial charge in [-0.25, -0.2) is 4.68 Å². The summed E-state index contributed by atoms with van der Waals surface area (Å²) < 4.78 is 1.59. The highest BCUT2D eigenvalue weighted by Gasteiger charge is 2.41. The van der Waals surface area contributed by atoms with Gasteiger partial charge in [-0.1, -0.05) is 0 Å². The van der Waals surface area contributed by atoms with Gasteiger partial charge in [-0.3, -0.25) is 0 Å². The maximum absolute atomic E-state index is 5.77. The minimum Gasteiger partial charge on any atom is -0.368 e. The Morgan fingerprint density at radius 3 is 2.57 bits per heavy atom. The van der Waals surface area contributed by atoms with Gasteiger partial charge in [0.25, 0.3) is 5.95 Å². The molecule has 0 radical (unpaired) electrons. The number of hydrogen-bond acceptors (Lipinski definition) is 6. The second-order valence-corrected chi connectivity index (χ2v) is 5.99. The van der Waals surface area contributed by atoms with Crippen molar-refractivity contribution < 1.29 is 0 Å². The number of nitrogens with two attached hydrogens (primary N) is 1. The zero-order valence-corrected chi connectivity index (χ0v) is 11.8. The highest BCUT2D eigenvalue weighted by atomic mass is 15.4. The Balaban J connectivity index is 1.49. The average Bonchev–Trinajstić information content (AvgIpc) is 3.40. The Labute approximate surface area is 123 Å². The molecule has 2 heterocycles. The van der Waals surface area contributed by atoms with Gasteiger partial charge >= 0.3 is 0 Å². The normalized spacial score (nSPS) is 18.1. The molecule has 0 atom stereocenters. The van der Waals surface area contributed by atoms with Crippen LogP contribution in [0.4, 0.5) is 11.9 Å². The Kier molecular flexibility index (Phi) is 2.98. The Hall–Kier alpha value is -2.18. The lowest BCUT2D eigenvalue weighted by Gasteiger charge is -2.16. The SMILES string of the molecule is Nc1nc(NCC(C2CC2)C2CC2)nc(-n2cccn2)n1. The molecule has 7 nitrogen and oxygen atoms in total. The summed E-state index contributed by atoms with van der Waals surface area (Å²) in [6.45, 7) is 0.928. The summed E-state index contributed by atoms with van der Waals surface area (Å²) in [5, 5.41) is 7.47. The van der Waals surface area contributed by atoms with Gasteiger partial charge in [0.15, 0.2) is 0 Å². The maximum atomic E-state index is 5.77. The van der Waals surface area contributed by atoms with E-state index < -0.39 is 0 Å². The van der Waals surface area contributed by atoms with E-state index in [0.29, 0.717) is 11.9 Å². The van der Waals surface area contributed by atoms with Crippen LogP contribution in [0, 0.1) is 17.8 Å². The molecule has 3 N–H and O–H groups in total. The highest BCUT2D eigenvalue weighted by Crippen LogP contribution is 2.49. The second-order valence-electron chi connectivity index (χ2n) is 5.99. The molecule has 0 aliphatic heterocycles. The van der Waals surface area contributed by atoms with E-state index in [1.165, 1.54) is 25.7 Å². The third-order valence-electron chi connectivity index (χ3n) is 4.30. The first-order valence-electron chi connectivity index (χ1n) is 7.55. The number of nitrogens with zero attached hydrogens (tertiary/aromatic N) is 5. The number of aromatic nitrogens is 5. The minimum atomic E-state index is 0.215. The molecule has 4 rings (SSSR count). The molecule has 0 bridgehead atoms. The van der Waals surface area contributed by atoms with Gasteiger partial charge < -0.3 is 11.1 Å². The number of rotatable bonds is 6. The second kappa shape index (κ2) is 4.98. The first kappa shape index (κ1) is 12.6. The average molecular weight is 285 g/mol. The molecule has 2 fully saturated rings. The molecule has 110 valence electrons. The van der Waals surface area contributed by atoms with Crippen LogP contribution in [0.3, 0.4) is 0 Å². The summed E-state index contributed by atoms with van der Waals surface area (Å²) in [6.07, 6.45) is 8.97. The smallest absolute Gasteiger partial charge is 0.257 e. The molecule has 2 aliphatic carbocycles. The Bertz CT molecular complexity index is 604. The zero-order valence-electron chi connectivity index (χ0n) is 11.8. The van der Waals surface area contributed by atoms with E-state index in [9.17, 15) is 0 Å². The zero-order chi connectivity index (χ0) is 14.2. The fourth-order valence-corrected chi connectivity index (χ4v) is 2.93. The van der Waals surface area contributed by atoms with Gasteiger partial charge in [-0.2, -0.15) is 20.1 Å². The molecule has 0 spiro atoms. The first-order chi connectivity index (χ1) is 10.3. The monoisotopic (exact) mass is 285 g/mol. The predicted octanol–water partition coefficient (Wildman–Crippen LogP) is 1.49. The van der Waals surface area contributed by atoms with Crippen LogP contribution in [0.2, 0.25) is 0 Å². The first-order valence-corrected chi connectivity index (χ1v) is 7.55. The van der Waals surface area contributed by atoms with Crippen molar-refractivity contribution in [1.82, 2.24) is 24.7 Å². The van der Waals surface area contributed by atoms with Gasteiger partial charge in [0.05, 0.1) is 0 Å². The van der Waals surface area contributed by atoms with E-state index in [4.69, 9.17) is 5.73 Å². The van der Waals surface area contributed by atoms with Crippen molar-refractivity contribution in [2.75, 3.05) is 17.6 Å². The van der Waals surface area contributed by atoms with Gasteiger partial charge in [0.2, 0.25) is 11.9 Å². The molecule has 2 aromatic rings. The topological polar surface area (TPSA) is 94.5 Å². The van der Waals surface area contributed by atoms with Crippen molar-refractivity contribution in [2.45, 2.75) is 25.7 Å². The summed E-state index contributed by atoms with van der Waals surface area (Å²) in [6, 6.07) is 1.82. The van der Waals surface area contributed by atoms with Crippen LogP contribution < -0.4 is 11.1 Å². The number of nitrogen functional groups attached to an aromatic ring is 1. The lowest BCUT2D eigenvalue weighted by Crippen LogP contribution is -2.20. The van der Waals surface area contributed by atoms with Gasteiger partial charge in [-0.05, 0) is 49.5 Å². The van der Waals surface area contributed by atoms with Crippen LogP contribution in [0.15, 0.2) is 18.5 Å². The quantitative estimate of drug-likeness (QED) is 0.835. The van der Waals surface area contributed by atoms with E-state index in [1.54, 1.807) is 17.1 Å². The van der Waals surface area contributed by atoms with Crippen molar-refractivity contribution in [3.05, 3.63) is 18.5 Å². The molecule has 0 saturated heterocycles. The molecule has 0 aromatic carbocycles. The van der Waals surface area contributed by atoms with Crippen LogP contribution in [0.5, 0.6) is 0 Å². The number of nitrogens with one attached hydrogen (secondary N) is 1. The van der Waals surface area contributed by atoms with Crippen molar-refractivity contribution in [1.29, 1.82) is 0 Å². The summed E-state index contributed by atoms with van der Waals surface area (Å²) in [4.78, 5) is 12.7. The molecular weight excluding hydrogens is 266 g/mol. The van der Waals surface area contributed by atoms with Crippen LogP contribution in [0.1, 0.15) is 25.7 Å². The van der Waals surface area contributed by atoms with Crippen molar-refractivity contribution in [3.63, 3.8) is 0 Å². The molecule has 7 heteroatoms. The maximum Gasteiger partial charge on any atom is 0.257 e. The molecule has 0 unspecified atom stereocenters. The molecular formula is C14H19N7. The summed E-state index contributed by atoms with van der Waals surface area (Å²) in [5.74, 6) is 3.76. The van der Waals surface area contributed by atoms with E-state index in [1.807, 2.05) is 6.07 Å². The van der Waals surface area contributed by atoms with Crippen molar-refractivity contribution >= 4 is 11.9 Å². The molecule has 2 aromatic heterocycles. The van der Waals surface area contributed by atoms with Crippen molar-refractivity contribution in [3.8, 4) is 5.95 Å². The standard InChI is InChI=1S/C14H19N7/c15-12-18-13(20-14(19-12)21-7-1-6-17-21)16-8-11(9-2-3-9)10-4-5-10/h1,6-7,9-11H,2-5,8H2,(H3,15,16,18,19,20). The number of anilines is 2. The van der Waals surface area contributed by atoms with E-state index in [2.05, 4.69) is 25.4 Å². The van der Waals surface area contributed by atoms with Crippen molar-refractivity contribution in [2.24, 2.45) is 17.8 Å². The summed E-state index contributed by atoms with van der Waals surface area (Å²) in [5.41, 5.74) is 5.77. The third kappa shape index (κ3) is 2.81. The summed E-state index contributed by atoms with van der Waals surface area (Å²) in [7, 11) is 0. The summed E-state index contributed by atoms with van der Waals surface area (Å²) >= 11 is 0. The van der Waals surface area contributed by atoms with Crippen LogP contribution in [-0.4, -0.2) is 31.3 Å².